The fraction of sp³-hybridized carbons (Fsp3) is 0.522. The van der Waals surface area contributed by atoms with Gasteiger partial charge in [0.15, 0.2) is 24.0 Å². The van der Waals surface area contributed by atoms with Gasteiger partial charge in [0.1, 0.15) is 30.2 Å². The number of ether oxygens (including phenoxy) is 6. The summed E-state index contributed by atoms with van der Waals surface area (Å²) in [5.74, 6) is -1.76. The van der Waals surface area contributed by atoms with Gasteiger partial charge >= 0.3 is 5.97 Å². The Hall–Kier alpha value is -2.23. The maximum atomic E-state index is 12.9. The van der Waals surface area contributed by atoms with Crippen LogP contribution < -0.4 is 0 Å². The Balaban J connectivity index is 1.49. The third kappa shape index (κ3) is 3.90. The Morgan fingerprint density at radius 2 is 1.55 bits per heavy atom. The first-order valence-electron chi connectivity index (χ1n) is 10.4. The molecule has 0 saturated carbocycles. The van der Waals surface area contributed by atoms with Gasteiger partial charge in [0.05, 0.1) is 11.8 Å². The van der Waals surface area contributed by atoms with Gasteiger partial charge in [-0.3, -0.25) is 0 Å². The zero-order chi connectivity index (χ0) is 21.8. The zero-order valence-electron chi connectivity index (χ0n) is 17.8. The summed E-state index contributed by atoms with van der Waals surface area (Å²) < 4.78 is 42.2. The molecule has 3 fully saturated rings. The Bertz CT molecular complexity index is 922. The molecule has 1 aromatic carbocycles. The normalized spacial score (nSPS) is 34.0. The number of hydrogen-bond acceptors (Lipinski definition) is 8. The fourth-order valence-electron chi connectivity index (χ4n) is 4.38. The highest BCUT2D eigenvalue weighted by Gasteiger charge is 2.62. The van der Waals surface area contributed by atoms with Crippen molar-refractivity contribution in [2.24, 2.45) is 0 Å². The number of hydrogen-bond donors (Lipinski definition) is 0. The number of carbonyl (C=O) groups excluding carboxylic acids is 1. The number of esters is 1. The van der Waals surface area contributed by atoms with Gasteiger partial charge in [-0.1, -0.05) is 18.2 Å². The van der Waals surface area contributed by atoms with Crippen molar-refractivity contribution >= 4 is 5.97 Å². The van der Waals surface area contributed by atoms with Crippen LogP contribution in [0.5, 0.6) is 0 Å². The first-order valence-corrected chi connectivity index (χ1v) is 10.4. The lowest BCUT2D eigenvalue weighted by Gasteiger charge is -2.39. The quantitative estimate of drug-likeness (QED) is 0.681. The molecule has 3 aliphatic rings. The number of rotatable bonds is 4. The van der Waals surface area contributed by atoms with Gasteiger partial charge in [0, 0.05) is 0 Å². The fourth-order valence-corrected chi connectivity index (χ4v) is 4.38. The molecule has 0 unspecified atom stereocenters. The lowest BCUT2D eigenvalue weighted by Crippen LogP contribution is -2.57. The van der Waals surface area contributed by atoms with Crippen molar-refractivity contribution in [1.29, 1.82) is 0 Å². The molecule has 0 spiro atoms. The topological polar surface area (TPSA) is 85.6 Å². The summed E-state index contributed by atoms with van der Waals surface area (Å²) in [4.78, 5) is 12.9. The summed E-state index contributed by atoms with van der Waals surface area (Å²) in [5.41, 5.74) is 0.426. The molecule has 0 N–H and O–H groups in total. The summed E-state index contributed by atoms with van der Waals surface area (Å²) in [5, 5.41) is 0. The molecule has 3 saturated heterocycles. The van der Waals surface area contributed by atoms with Crippen LogP contribution in [0.25, 0.3) is 0 Å². The van der Waals surface area contributed by atoms with E-state index in [1.165, 1.54) is 6.26 Å². The molecular weight excluding hydrogens is 404 g/mol. The molecule has 1 aromatic heterocycles. The zero-order valence-corrected chi connectivity index (χ0v) is 17.8. The molecule has 6 atom stereocenters. The molecule has 31 heavy (non-hydrogen) atoms. The van der Waals surface area contributed by atoms with Crippen molar-refractivity contribution in [3.05, 3.63) is 60.1 Å². The molecule has 8 nitrogen and oxygen atoms in total. The first-order chi connectivity index (χ1) is 14.7. The SMILES string of the molecule is CC1(C)O[C@@H]2[C@H](O1)[C@H]1OC(C)(C)O[C@H]1O[C@@H]2[C@H](OC(=O)c1ccccc1)c1ccco1. The monoisotopic (exact) mass is 430 g/mol. The van der Waals surface area contributed by atoms with Crippen LogP contribution in [0.3, 0.4) is 0 Å². The van der Waals surface area contributed by atoms with Gasteiger partial charge in [0.2, 0.25) is 0 Å². The third-order valence-corrected chi connectivity index (χ3v) is 5.56. The third-order valence-electron chi connectivity index (χ3n) is 5.56. The molecular formula is C23H26O8. The van der Waals surface area contributed by atoms with E-state index in [0.29, 0.717) is 11.3 Å². The predicted molar refractivity (Wildman–Crippen MR) is 106 cm³/mol. The number of fused-ring (bicyclic) bond motifs is 3. The minimum Gasteiger partial charge on any atom is -0.465 e. The van der Waals surface area contributed by atoms with Crippen molar-refractivity contribution < 1.29 is 37.6 Å². The molecule has 2 aromatic rings. The van der Waals surface area contributed by atoms with Crippen molar-refractivity contribution in [1.82, 2.24) is 0 Å². The molecule has 5 rings (SSSR count). The first kappa shape index (κ1) is 20.7. The highest BCUT2D eigenvalue weighted by molar-refractivity contribution is 5.89. The highest BCUT2D eigenvalue weighted by atomic mass is 16.9. The van der Waals surface area contributed by atoms with Gasteiger partial charge in [0.25, 0.3) is 0 Å². The molecule has 3 aliphatic heterocycles. The molecule has 166 valence electrons. The summed E-state index contributed by atoms with van der Waals surface area (Å²) in [7, 11) is 0. The molecule has 0 aliphatic carbocycles. The van der Waals surface area contributed by atoms with E-state index in [1.54, 1.807) is 36.4 Å². The van der Waals surface area contributed by atoms with Gasteiger partial charge < -0.3 is 32.8 Å². The van der Waals surface area contributed by atoms with Crippen LogP contribution in [0.4, 0.5) is 0 Å². The van der Waals surface area contributed by atoms with Crippen LogP contribution in [-0.2, 0) is 28.4 Å². The number of furan rings is 1. The lowest BCUT2D eigenvalue weighted by atomic mass is 9.94. The van der Waals surface area contributed by atoms with Gasteiger partial charge in [-0.25, -0.2) is 4.79 Å². The van der Waals surface area contributed by atoms with E-state index in [1.807, 2.05) is 33.8 Å². The van der Waals surface area contributed by atoms with Crippen molar-refractivity contribution in [3.63, 3.8) is 0 Å². The Kier molecular flexibility index (Phi) is 4.95. The number of carbonyl (C=O) groups is 1. The number of benzene rings is 1. The average Bonchev–Trinajstić information content (AvgIpc) is 3.42. The van der Waals surface area contributed by atoms with E-state index in [-0.39, 0.29) is 0 Å². The van der Waals surface area contributed by atoms with Crippen LogP contribution in [0, 0.1) is 0 Å². The van der Waals surface area contributed by atoms with E-state index in [9.17, 15) is 4.79 Å². The van der Waals surface area contributed by atoms with E-state index in [0.717, 1.165) is 0 Å². The van der Waals surface area contributed by atoms with Gasteiger partial charge in [-0.15, -0.1) is 0 Å². The van der Waals surface area contributed by atoms with E-state index < -0.39 is 54.4 Å². The van der Waals surface area contributed by atoms with Crippen LogP contribution in [0.1, 0.15) is 49.9 Å². The lowest BCUT2D eigenvalue weighted by molar-refractivity contribution is -0.255. The van der Waals surface area contributed by atoms with Gasteiger partial charge in [-0.2, -0.15) is 0 Å². The van der Waals surface area contributed by atoms with Crippen LogP contribution in [0.15, 0.2) is 53.1 Å². The van der Waals surface area contributed by atoms with Crippen molar-refractivity contribution in [2.75, 3.05) is 0 Å². The van der Waals surface area contributed by atoms with Crippen LogP contribution in [-0.4, -0.2) is 48.2 Å². The summed E-state index contributed by atoms with van der Waals surface area (Å²) in [6, 6.07) is 12.2. The minimum atomic E-state index is -0.874. The standard InChI is InChI=1S/C23H26O8/c1-22(2)28-17-16(27-21-19(18(17)29-22)30-23(3,4)31-21)15(14-11-8-12-25-14)26-20(24)13-9-6-5-7-10-13/h5-12,15-19,21H,1-4H3/t15-,16-,17+,18+,19-,21-/m1/s1. The minimum absolute atomic E-state index is 0.426. The van der Waals surface area contributed by atoms with Gasteiger partial charge in [-0.05, 0) is 52.0 Å². The van der Waals surface area contributed by atoms with Crippen LogP contribution >= 0.6 is 0 Å². The highest BCUT2D eigenvalue weighted by Crippen LogP contribution is 2.47. The maximum Gasteiger partial charge on any atom is 0.338 e. The second-order valence-corrected chi connectivity index (χ2v) is 8.84. The van der Waals surface area contributed by atoms with Crippen molar-refractivity contribution in [3.8, 4) is 0 Å². The maximum absolute atomic E-state index is 12.9. The largest absolute Gasteiger partial charge is 0.465 e. The summed E-state index contributed by atoms with van der Waals surface area (Å²) in [6.07, 6.45) is -2.28. The van der Waals surface area contributed by atoms with E-state index in [4.69, 9.17) is 32.8 Å². The summed E-state index contributed by atoms with van der Waals surface area (Å²) >= 11 is 0. The Morgan fingerprint density at radius 3 is 2.26 bits per heavy atom. The molecule has 0 radical (unpaired) electrons. The summed E-state index contributed by atoms with van der Waals surface area (Å²) in [6.45, 7) is 7.30. The van der Waals surface area contributed by atoms with Crippen molar-refractivity contribution in [2.45, 2.75) is 76.1 Å². The second kappa shape index (κ2) is 7.43. The Morgan fingerprint density at radius 1 is 0.871 bits per heavy atom. The molecule has 0 amide bonds. The Labute approximate surface area is 180 Å². The van der Waals surface area contributed by atoms with E-state index >= 15 is 0 Å². The second-order valence-electron chi connectivity index (χ2n) is 8.84. The average molecular weight is 430 g/mol. The molecule has 0 bridgehead atoms. The van der Waals surface area contributed by atoms with E-state index in [2.05, 4.69) is 0 Å². The molecule has 8 heteroatoms. The van der Waals surface area contributed by atoms with Crippen LogP contribution in [0.2, 0.25) is 0 Å². The smallest absolute Gasteiger partial charge is 0.338 e. The molecule has 4 heterocycles. The predicted octanol–water partition coefficient (Wildman–Crippen LogP) is 3.57.